The van der Waals surface area contributed by atoms with Crippen LogP contribution in [-0.2, 0) is 9.53 Å². The van der Waals surface area contributed by atoms with Crippen molar-refractivity contribution in [2.45, 2.75) is 44.1 Å². The number of nitrogens with one attached hydrogen (secondary N) is 1. The van der Waals surface area contributed by atoms with Crippen molar-refractivity contribution < 1.29 is 19.6 Å². The maximum atomic E-state index is 12.5. The standard InChI is InChI=1S/C20H26N2O3/c1-25-19(24)16-4-2-3-5-17(16)22-18(23)12-21-20-9-13-6-14(10-20)8-15(7-13)11-20/h2-5,13-15,21H,6-12H2,1H3,(H,22,23)/p+1. The zero-order chi connectivity index (χ0) is 17.4. The first-order chi connectivity index (χ1) is 12.1. The largest absolute Gasteiger partial charge is 0.465 e. The van der Waals surface area contributed by atoms with Crippen LogP contribution >= 0.6 is 0 Å². The van der Waals surface area contributed by atoms with Crippen molar-refractivity contribution in [2.75, 3.05) is 19.0 Å². The first-order valence-corrected chi connectivity index (χ1v) is 9.38. The number of hydrogen-bond acceptors (Lipinski definition) is 3. The topological polar surface area (TPSA) is 72.0 Å². The molecule has 0 heterocycles. The van der Waals surface area contributed by atoms with Gasteiger partial charge in [0.15, 0.2) is 6.54 Å². The second kappa shape index (κ2) is 6.45. The molecule has 5 rings (SSSR count). The van der Waals surface area contributed by atoms with Crippen molar-refractivity contribution in [3.05, 3.63) is 29.8 Å². The van der Waals surface area contributed by atoms with Gasteiger partial charge in [-0.3, -0.25) is 4.79 Å². The van der Waals surface area contributed by atoms with Crippen LogP contribution in [0.4, 0.5) is 5.69 Å². The van der Waals surface area contributed by atoms with E-state index in [1.807, 2.05) is 6.07 Å². The fourth-order valence-electron chi connectivity index (χ4n) is 5.82. The predicted octanol–water partition coefficient (Wildman–Crippen LogP) is 1.94. The van der Waals surface area contributed by atoms with Gasteiger partial charge in [-0.25, -0.2) is 4.79 Å². The van der Waals surface area contributed by atoms with E-state index in [1.54, 1.807) is 18.2 Å². The van der Waals surface area contributed by atoms with Crippen LogP contribution in [0.2, 0.25) is 0 Å². The van der Waals surface area contributed by atoms with Crippen LogP contribution in [0.25, 0.3) is 0 Å². The average molecular weight is 343 g/mol. The van der Waals surface area contributed by atoms with Crippen molar-refractivity contribution in [1.82, 2.24) is 0 Å². The summed E-state index contributed by atoms with van der Waals surface area (Å²) in [4.78, 5) is 24.3. The van der Waals surface area contributed by atoms with Crippen molar-refractivity contribution in [3.8, 4) is 0 Å². The summed E-state index contributed by atoms with van der Waals surface area (Å²) in [5, 5.41) is 5.17. The highest BCUT2D eigenvalue weighted by Crippen LogP contribution is 2.54. The van der Waals surface area contributed by atoms with Crippen LogP contribution in [0.5, 0.6) is 0 Å². The molecule has 1 aromatic carbocycles. The minimum absolute atomic E-state index is 0.0490. The Hall–Kier alpha value is -1.88. The number of esters is 1. The lowest BCUT2D eigenvalue weighted by atomic mass is 9.53. The van der Waals surface area contributed by atoms with E-state index in [4.69, 9.17) is 4.74 Å². The monoisotopic (exact) mass is 343 g/mol. The van der Waals surface area contributed by atoms with Gasteiger partial charge >= 0.3 is 5.97 Å². The summed E-state index contributed by atoms with van der Waals surface area (Å²) in [6.07, 6.45) is 8.03. The Morgan fingerprint density at radius 2 is 1.72 bits per heavy atom. The number of hydrogen-bond donors (Lipinski definition) is 2. The number of carbonyl (C=O) groups is 2. The molecule has 0 atom stereocenters. The SMILES string of the molecule is COC(=O)c1ccccc1NC(=O)C[NH2+]C12CC3CC(CC(C3)C1)C2. The number of benzene rings is 1. The third kappa shape index (κ3) is 3.30. The van der Waals surface area contributed by atoms with Gasteiger partial charge in [-0.15, -0.1) is 0 Å². The van der Waals surface area contributed by atoms with Crippen molar-refractivity contribution in [3.63, 3.8) is 0 Å². The summed E-state index contributed by atoms with van der Waals surface area (Å²) in [6, 6.07) is 6.99. The van der Waals surface area contributed by atoms with Crippen LogP contribution in [0.1, 0.15) is 48.9 Å². The highest BCUT2D eigenvalue weighted by Gasteiger charge is 2.53. The molecular weight excluding hydrogens is 316 g/mol. The fraction of sp³-hybridized carbons (Fsp3) is 0.600. The molecule has 4 bridgehead atoms. The molecule has 4 aliphatic rings. The van der Waals surface area contributed by atoms with E-state index >= 15 is 0 Å². The van der Waals surface area contributed by atoms with Crippen molar-refractivity contribution in [2.24, 2.45) is 17.8 Å². The Morgan fingerprint density at radius 1 is 1.12 bits per heavy atom. The van der Waals surface area contributed by atoms with E-state index < -0.39 is 5.97 Å². The molecule has 134 valence electrons. The number of carbonyl (C=O) groups excluding carboxylic acids is 2. The molecule has 0 spiro atoms. The molecule has 4 aliphatic carbocycles. The lowest BCUT2D eigenvalue weighted by Crippen LogP contribution is -3.00. The number of ether oxygens (including phenoxy) is 1. The first-order valence-electron chi connectivity index (χ1n) is 9.38. The lowest BCUT2D eigenvalue weighted by molar-refractivity contribution is -0.729. The molecule has 0 saturated heterocycles. The number of amides is 1. The van der Waals surface area contributed by atoms with Gasteiger partial charge in [0.1, 0.15) is 0 Å². The van der Waals surface area contributed by atoms with Crippen molar-refractivity contribution in [1.29, 1.82) is 0 Å². The molecule has 5 nitrogen and oxygen atoms in total. The fourth-order valence-corrected chi connectivity index (χ4v) is 5.82. The summed E-state index contributed by atoms with van der Waals surface area (Å²) in [7, 11) is 1.35. The van der Waals surface area contributed by atoms with Crippen LogP contribution in [0, 0.1) is 17.8 Å². The van der Waals surface area contributed by atoms with E-state index in [2.05, 4.69) is 10.6 Å². The number of para-hydroxylation sites is 1. The highest BCUT2D eigenvalue weighted by atomic mass is 16.5. The molecule has 5 heteroatoms. The zero-order valence-corrected chi connectivity index (χ0v) is 14.8. The Morgan fingerprint density at radius 3 is 2.32 bits per heavy atom. The highest BCUT2D eigenvalue weighted by molar-refractivity contribution is 6.01. The van der Waals surface area contributed by atoms with E-state index in [9.17, 15) is 9.59 Å². The Labute approximate surface area is 148 Å². The molecule has 1 aromatic rings. The summed E-state index contributed by atoms with van der Waals surface area (Å²) < 4.78 is 4.79. The van der Waals surface area contributed by atoms with Gasteiger partial charge in [-0.05, 0) is 49.1 Å². The van der Waals surface area contributed by atoms with Crippen LogP contribution in [0.15, 0.2) is 24.3 Å². The summed E-state index contributed by atoms with van der Waals surface area (Å²) in [5.74, 6) is 2.16. The second-order valence-corrected chi connectivity index (χ2v) is 8.27. The quantitative estimate of drug-likeness (QED) is 0.803. The van der Waals surface area contributed by atoms with Crippen LogP contribution in [-0.4, -0.2) is 31.1 Å². The summed E-state index contributed by atoms with van der Waals surface area (Å²) >= 11 is 0. The summed E-state index contributed by atoms with van der Waals surface area (Å²) in [6.45, 7) is 0.418. The number of nitrogens with two attached hydrogens (primary N) is 1. The maximum Gasteiger partial charge on any atom is 0.339 e. The van der Waals surface area contributed by atoms with Crippen LogP contribution in [0.3, 0.4) is 0 Å². The third-order valence-electron chi connectivity index (χ3n) is 6.41. The average Bonchev–Trinajstić information content (AvgIpc) is 2.59. The third-order valence-corrected chi connectivity index (χ3v) is 6.41. The molecule has 0 radical (unpaired) electrons. The van der Waals surface area contributed by atoms with E-state index in [-0.39, 0.29) is 11.4 Å². The number of quaternary nitrogens is 1. The molecular formula is C20H27N2O3+. The van der Waals surface area contributed by atoms with Gasteiger partial charge in [-0.2, -0.15) is 0 Å². The molecule has 4 fully saturated rings. The lowest BCUT2D eigenvalue weighted by Gasteiger charge is -2.54. The second-order valence-electron chi connectivity index (χ2n) is 8.27. The van der Waals surface area contributed by atoms with Gasteiger partial charge in [-0.1, -0.05) is 12.1 Å². The molecule has 0 aliphatic heterocycles. The normalized spacial score (nSPS) is 32.4. The van der Waals surface area contributed by atoms with Gasteiger partial charge in [0.2, 0.25) is 0 Å². The van der Waals surface area contributed by atoms with E-state index in [0.29, 0.717) is 17.8 Å². The van der Waals surface area contributed by atoms with Gasteiger partial charge < -0.3 is 15.4 Å². The molecule has 4 saturated carbocycles. The number of rotatable bonds is 5. The van der Waals surface area contributed by atoms with Gasteiger partial charge in [0, 0.05) is 19.3 Å². The van der Waals surface area contributed by atoms with Gasteiger partial charge in [0.25, 0.3) is 5.91 Å². The van der Waals surface area contributed by atoms with Crippen LogP contribution < -0.4 is 10.6 Å². The van der Waals surface area contributed by atoms with Gasteiger partial charge in [0.05, 0.1) is 23.9 Å². The number of anilines is 1. The van der Waals surface area contributed by atoms with E-state index in [1.165, 1.54) is 45.6 Å². The molecule has 25 heavy (non-hydrogen) atoms. The molecule has 0 unspecified atom stereocenters. The van der Waals surface area contributed by atoms with E-state index in [0.717, 1.165) is 17.8 Å². The maximum absolute atomic E-state index is 12.5. The molecule has 0 aromatic heterocycles. The van der Waals surface area contributed by atoms with Crippen molar-refractivity contribution >= 4 is 17.6 Å². The minimum Gasteiger partial charge on any atom is -0.465 e. The Kier molecular flexibility index (Phi) is 4.28. The predicted molar refractivity (Wildman–Crippen MR) is 94.1 cm³/mol. The number of methoxy groups -OCH3 is 1. The smallest absolute Gasteiger partial charge is 0.339 e. The molecule has 3 N–H and O–H groups in total. The Bertz CT molecular complexity index is 650. The first kappa shape index (κ1) is 16.6. The molecule has 1 amide bonds. The minimum atomic E-state index is -0.430. The zero-order valence-electron chi connectivity index (χ0n) is 14.8. The summed E-state index contributed by atoms with van der Waals surface area (Å²) in [5.41, 5.74) is 1.21. The Balaban J connectivity index is 1.38.